The molecule has 0 radical (unpaired) electrons. The number of hydrogen-bond donors (Lipinski definition) is 2. The Kier molecular flexibility index (Phi) is 7.20. The Labute approximate surface area is 183 Å². The Morgan fingerprint density at radius 2 is 1.71 bits per heavy atom. The average molecular weight is 421 g/mol. The molecule has 0 saturated heterocycles. The highest BCUT2D eigenvalue weighted by atomic mass is 16.2. The molecule has 3 rings (SSSR count). The van der Waals surface area contributed by atoms with Crippen molar-refractivity contribution in [2.24, 2.45) is 0 Å². The van der Waals surface area contributed by atoms with E-state index in [9.17, 15) is 9.59 Å². The fourth-order valence-corrected chi connectivity index (χ4v) is 3.23. The van der Waals surface area contributed by atoms with Crippen molar-refractivity contribution in [3.8, 4) is 16.9 Å². The van der Waals surface area contributed by atoms with E-state index in [4.69, 9.17) is 5.10 Å². The summed E-state index contributed by atoms with van der Waals surface area (Å²) in [5, 5.41) is 7.72. The third kappa shape index (κ3) is 5.79. The molecule has 2 N–H and O–H groups in total. The van der Waals surface area contributed by atoms with Crippen LogP contribution in [-0.4, -0.2) is 60.7 Å². The fraction of sp³-hybridized carbons (Fsp3) is 0.292. The third-order valence-electron chi connectivity index (χ3n) is 5.05. The standard InChI is InChI=1S/C24H29N5O2/c1-5-18-11-13-19(14-12-18)21-15-22(29(26-21)20-9-7-6-8-10-20)25-23(30)16-28(4)17-24(31)27(2)3/h6-15H,5,16-17H2,1-4H3,(H,25,30)/p+1. The molecule has 0 fully saturated rings. The molecular formula is C24H30N5O2+. The van der Waals surface area contributed by atoms with Gasteiger partial charge in [-0.3, -0.25) is 9.59 Å². The predicted octanol–water partition coefficient (Wildman–Crippen LogP) is 1.64. The highest BCUT2D eigenvalue weighted by Crippen LogP contribution is 2.25. The monoisotopic (exact) mass is 420 g/mol. The molecule has 162 valence electrons. The maximum atomic E-state index is 12.7. The number of rotatable bonds is 8. The molecule has 7 nitrogen and oxygen atoms in total. The van der Waals surface area contributed by atoms with Crippen LogP contribution in [0.25, 0.3) is 16.9 Å². The molecule has 0 aliphatic carbocycles. The van der Waals surface area contributed by atoms with Crippen molar-refractivity contribution in [2.45, 2.75) is 13.3 Å². The van der Waals surface area contributed by atoms with Gasteiger partial charge in [0.1, 0.15) is 5.82 Å². The van der Waals surface area contributed by atoms with Crippen molar-refractivity contribution in [3.05, 3.63) is 66.2 Å². The van der Waals surface area contributed by atoms with Gasteiger partial charge in [-0.15, -0.1) is 0 Å². The van der Waals surface area contributed by atoms with Crippen LogP contribution in [0.15, 0.2) is 60.7 Å². The highest BCUT2D eigenvalue weighted by Gasteiger charge is 2.18. The molecule has 3 aromatic rings. The maximum Gasteiger partial charge on any atom is 0.280 e. The van der Waals surface area contributed by atoms with Crippen LogP contribution < -0.4 is 10.2 Å². The van der Waals surface area contributed by atoms with E-state index in [0.717, 1.165) is 28.3 Å². The molecule has 2 amide bonds. The predicted molar refractivity (Wildman–Crippen MR) is 122 cm³/mol. The van der Waals surface area contributed by atoms with Gasteiger partial charge < -0.3 is 15.1 Å². The van der Waals surface area contributed by atoms with E-state index < -0.39 is 0 Å². The number of hydrogen-bond acceptors (Lipinski definition) is 3. The number of likely N-dealkylation sites (N-methyl/N-ethyl adjacent to an activating group) is 2. The Hall–Kier alpha value is -3.45. The minimum Gasteiger partial charge on any atom is -0.344 e. The van der Waals surface area contributed by atoms with Crippen LogP contribution in [0.3, 0.4) is 0 Å². The SMILES string of the molecule is CCc1ccc(-c2cc(NC(=O)C[NH+](C)CC(=O)N(C)C)n(-c3ccccc3)n2)cc1. The lowest BCUT2D eigenvalue weighted by Gasteiger charge is -2.16. The molecule has 1 atom stereocenters. The van der Waals surface area contributed by atoms with Crippen LogP contribution in [0.5, 0.6) is 0 Å². The summed E-state index contributed by atoms with van der Waals surface area (Å²) in [4.78, 5) is 26.9. The molecule has 1 aromatic heterocycles. The van der Waals surface area contributed by atoms with Crippen molar-refractivity contribution in [1.29, 1.82) is 0 Å². The minimum atomic E-state index is -0.172. The molecule has 0 bridgehead atoms. The second-order valence-electron chi connectivity index (χ2n) is 7.86. The van der Waals surface area contributed by atoms with Crippen molar-refractivity contribution in [2.75, 3.05) is 39.5 Å². The Morgan fingerprint density at radius 1 is 1.03 bits per heavy atom. The molecule has 0 saturated carbocycles. The van der Waals surface area contributed by atoms with Crippen LogP contribution in [0.2, 0.25) is 0 Å². The molecule has 1 unspecified atom stereocenters. The number of aromatic nitrogens is 2. The van der Waals surface area contributed by atoms with E-state index in [1.165, 1.54) is 10.5 Å². The summed E-state index contributed by atoms with van der Waals surface area (Å²) < 4.78 is 1.74. The summed E-state index contributed by atoms with van der Waals surface area (Å²) in [6.45, 7) is 2.56. The van der Waals surface area contributed by atoms with Gasteiger partial charge in [-0.1, -0.05) is 49.4 Å². The number of benzene rings is 2. The average Bonchev–Trinajstić information content (AvgIpc) is 3.17. The quantitative estimate of drug-likeness (QED) is 0.582. The van der Waals surface area contributed by atoms with Gasteiger partial charge in [0.15, 0.2) is 13.1 Å². The highest BCUT2D eigenvalue weighted by molar-refractivity contribution is 5.91. The van der Waals surface area contributed by atoms with Crippen molar-refractivity contribution >= 4 is 17.6 Å². The topological polar surface area (TPSA) is 71.7 Å². The largest absolute Gasteiger partial charge is 0.344 e. The van der Waals surface area contributed by atoms with E-state index in [0.29, 0.717) is 5.82 Å². The lowest BCUT2D eigenvalue weighted by molar-refractivity contribution is -0.862. The van der Waals surface area contributed by atoms with E-state index in [-0.39, 0.29) is 24.9 Å². The number of amides is 2. The number of anilines is 1. The first kappa shape index (κ1) is 22.2. The van der Waals surface area contributed by atoms with Crippen LogP contribution in [0.1, 0.15) is 12.5 Å². The Bertz CT molecular complexity index is 1030. The van der Waals surface area contributed by atoms with Gasteiger partial charge in [0.25, 0.3) is 11.8 Å². The van der Waals surface area contributed by atoms with Gasteiger partial charge in [-0.25, -0.2) is 4.68 Å². The molecule has 1 heterocycles. The summed E-state index contributed by atoms with van der Waals surface area (Å²) in [7, 11) is 5.25. The van der Waals surface area contributed by atoms with Crippen molar-refractivity contribution < 1.29 is 14.5 Å². The number of para-hydroxylation sites is 1. The van der Waals surface area contributed by atoms with Crippen LogP contribution >= 0.6 is 0 Å². The molecule has 0 spiro atoms. The van der Waals surface area contributed by atoms with Crippen molar-refractivity contribution in [3.63, 3.8) is 0 Å². The summed E-state index contributed by atoms with van der Waals surface area (Å²) in [6.07, 6.45) is 0.978. The van der Waals surface area contributed by atoms with Crippen LogP contribution in [0.4, 0.5) is 5.82 Å². The molecule has 2 aromatic carbocycles. The first-order valence-corrected chi connectivity index (χ1v) is 10.4. The van der Waals surface area contributed by atoms with Gasteiger partial charge in [-0.05, 0) is 24.1 Å². The summed E-state index contributed by atoms with van der Waals surface area (Å²) in [6, 6.07) is 19.9. The number of carbonyl (C=O) groups excluding carboxylic acids is 2. The van der Waals surface area contributed by atoms with Crippen LogP contribution in [-0.2, 0) is 16.0 Å². The maximum absolute atomic E-state index is 12.7. The first-order chi connectivity index (χ1) is 14.9. The third-order valence-corrected chi connectivity index (χ3v) is 5.05. The lowest BCUT2D eigenvalue weighted by Crippen LogP contribution is -3.11. The van der Waals surface area contributed by atoms with Gasteiger partial charge in [0, 0.05) is 25.7 Å². The molecule has 0 aliphatic heterocycles. The van der Waals surface area contributed by atoms with E-state index >= 15 is 0 Å². The van der Waals surface area contributed by atoms with Gasteiger partial charge in [-0.2, -0.15) is 5.10 Å². The Morgan fingerprint density at radius 3 is 2.32 bits per heavy atom. The van der Waals surface area contributed by atoms with Crippen molar-refractivity contribution in [1.82, 2.24) is 14.7 Å². The van der Waals surface area contributed by atoms with E-state index in [1.807, 2.05) is 55.6 Å². The fourth-order valence-electron chi connectivity index (χ4n) is 3.23. The summed E-state index contributed by atoms with van der Waals surface area (Å²) in [5.41, 5.74) is 3.89. The number of nitrogens with zero attached hydrogens (tertiary/aromatic N) is 3. The zero-order valence-corrected chi connectivity index (χ0v) is 18.6. The smallest absolute Gasteiger partial charge is 0.280 e. The van der Waals surface area contributed by atoms with Crippen LogP contribution in [0, 0.1) is 0 Å². The first-order valence-electron chi connectivity index (χ1n) is 10.4. The van der Waals surface area contributed by atoms with Gasteiger partial charge >= 0.3 is 0 Å². The number of aryl methyl sites for hydroxylation is 1. The second kappa shape index (κ2) is 10.0. The lowest BCUT2D eigenvalue weighted by atomic mass is 10.1. The Balaban J connectivity index is 1.83. The van der Waals surface area contributed by atoms with Gasteiger partial charge in [0.2, 0.25) is 0 Å². The zero-order valence-electron chi connectivity index (χ0n) is 18.6. The number of nitrogens with one attached hydrogen (secondary N) is 2. The second-order valence-corrected chi connectivity index (χ2v) is 7.86. The molecular weight excluding hydrogens is 390 g/mol. The number of carbonyl (C=O) groups is 2. The molecule has 7 heteroatoms. The van der Waals surface area contributed by atoms with E-state index in [2.05, 4.69) is 24.4 Å². The van der Waals surface area contributed by atoms with E-state index in [1.54, 1.807) is 18.8 Å². The van der Waals surface area contributed by atoms with Gasteiger partial charge in [0.05, 0.1) is 18.4 Å². The molecule has 31 heavy (non-hydrogen) atoms. The zero-order chi connectivity index (χ0) is 22.4. The molecule has 0 aliphatic rings. The normalized spacial score (nSPS) is 11.7. The minimum absolute atomic E-state index is 0.0163. The number of quaternary nitrogens is 1. The summed E-state index contributed by atoms with van der Waals surface area (Å²) >= 11 is 0. The summed E-state index contributed by atoms with van der Waals surface area (Å²) in [5.74, 6) is 0.406.